The molecule has 116 valence electrons. The van der Waals surface area contributed by atoms with Crippen molar-refractivity contribution in [3.8, 4) is 11.3 Å². The number of morpholine rings is 1. The fourth-order valence-corrected chi connectivity index (χ4v) is 2.87. The molecular formula is C15H16ClN3O3. The zero-order valence-electron chi connectivity index (χ0n) is 12.1. The molecule has 0 amide bonds. The summed E-state index contributed by atoms with van der Waals surface area (Å²) in [7, 11) is 1.71. The second-order valence-corrected chi connectivity index (χ2v) is 5.52. The summed E-state index contributed by atoms with van der Waals surface area (Å²) < 4.78 is 6.89. The largest absolute Gasteiger partial charge is 0.476 e. The third-order valence-electron chi connectivity index (χ3n) is 3.69. The lowest BCUT2D eigenvalue weighted by atomic mass is 10.1. The van der Waals surface area contributed by atoms with Crippen LogP contribution in [0.1, 0.15) is 10.5 Å². The molecule has 7 heteroatoms. The van der Waals surface area contributed by atoms with E-state index in [2.05, 4.69) is 10.00 Å². The Morgan fingerprint density at radius 3 is 2.64 bits per heavy atom. The molecule has 0 bridgehead atoms. The standard InChI is InChI=1S/C15H16ClN3O3/c1-18-14(9-12(17-18)15(20)21)10-2-3-13(11(16)8-10)19-4-6-22-7-5-19/h2-3,8-9H,4-7H2,1H3,(H,20,21). The molecule has 1 aliphatic rings. The highest BCUT2D eigenvalue weighted by Crippen LogP contribution is 2.31. The van der Waals surface area contributed by atoms with Crippen molar-refractivity contribution in [1.82, 2.24) is 9.78 Å². The Morgan fingerprint density at radius 2 is 2.05 bits per heavy atom. The number of ether oxygens (including phenoxy) is 1. The van der Waals surface area contributed by atoms with Crippen molar-refractivity contribution in [1.29, 1.82) is 0 Å². The molecule has 1 aliphatic heterocycles. The van der Waals surface area contributed by atoms with Gasteiger partial charge >= 0.3 is 5.97 Å². The number of aromatic carboxylic acids is 1. The SMILES string of the molecule is Cn1nc(C(=O)O)cc1-c1ccc(N2CCOCC2)c(Cl)c1. The van der Waals surface area contributed by atoms with E-state index in [1.807, 2.05) is 18.2 Å². The number of carbonyl (C=O) groups is 1. The number of anilines is 1. The van der Waals surface area contributed by atoms with E-state index < -0.39 is 5.97 Å². The van der Waals surface area contributed by atoms with E-state index in [4.69, 9.17) is 21.4 Å². The zero-order valence-corrected chi connectivity index (χ0v) is 12.9. The van der Waals surface area contributed by atoms with Gasteiger partial charge in [0.25, 0.3) is 0 Å². The van der Waals surface area contributed by atoms with Crippen LogP contribution in [0.5, 0.6) is 0 Å². The number of nitrogens with zero attached hydrogens (tertiary/aromatic N) is 3. The third kappa shape index (κ3) is 2.80. The summed E-state index contributed by atoms with van der Waals surface area (Å²) in [6.07, 6.45) is 0. The summed E-state index contributed by atoms with van der Waals surface area (Å²) >= 11 is 6.41. The van der Waals surface area contributed by atoms with Crippen LogP contribution in [-0.2, 0) is 11.8 Å². The van der Waals surface area contributed by atoms with Gasteiger partial charge in [0.2, 0.25) is 0 Å². The summed E-state index contributed by atoms with van der Waals surface area (Å²) in [6, 6.07) is 7.27. The first kappa shape index (κ1) is 14.9. The van der Waals surface area contributed by atoms with Gasteiger partial charge in [0.1, 0.15) is 0 Å². The van der Waals surface area contributed by atoms with Crippen LogP contribution in [0, 0.1) is 0 Å². The molecule has 0 spiro atoms. The van der Waals surface area contributed by atoms with E-state index in [0.717, 1.165) is 24.3 Å². The number of aromatic nitrogens is 2. The first-order valence-corrected chi connectivity index (χ1v) is 7.34. The molecule has 1 aromatic carbocycles. The van der Waals surface area contributed by atoms with Gasteiger partial charge in [-0.2, -0.15) is 5.10 Å². The minimum Gasteiger partial charge on any atom is -0.476 e. The summed E-state index contributed by atoms with van der Waals surface area (Å²) in [5, 5.41) is 13.6. The second-order valence-electron chi connectivity index (χ2n) is 5.11. The number of carboxylic acids is 1. The number of aryl methyl sites for hydroxylation is 1. The van der Waals surface area contributed by atoms with Gasteiger partial charge in [0.05, 0.1) is 29.6 Å². The van der Waals surface area contributed by atoms with Crippen molar-refractivity contribution in [3.05, 3.63) is 35.0 Å². The van der Waals surface area contributed by atoms with Crippen LogP contribution < -0.4 is 4.90 Å². The smallest absolute Gasteiger partial charge is 0.356 e. The van der Waals surface area contributed by atoms with Gasteiger partial charge in [-0.05, 0) is 18.2 Å². The molecule has 3 rings (SSSR count). The Labute approximate surface area is 132 Å². The fourth-order valence-electron chi connectivity index (χ4n) is 2.57. The quantitative estimate of drug-likeness (QED) is 0.939. The number of benzene rings is 1. The molecule has 2 heterocycles. The van der Waals surface area contributed by atoms with E-state index >= 15 is 0 Å². The number of hydrogen-bond acceptors (Lipinski definition) is 4. The minimum atomic E-state index is -1.04. The molecule has 1 aromatic heterocycles. The zero-order chi connectivity index (χ0) is 15.7. The normalized spacial score (nSPS) is 15.1. The molecule has 1 N–H and O–H groups in total. The average Bonchev–Trinajstić information content (AvgIpc) is 2.90. The first-order chi connectivity index (χ1) is 10.6. The molecule has 1 saturated heterocycles. The predicted molar refractivity (Wildman–Crippen MR) is 83.6 cm³/mol. The molecular weight excluding hydrogens is 306 g/mol. The molecule has 22 heavy (non-hydrogen) atoms. The van der Waals surface area contributed by atoms with Crippen LogP contribution in [0.3, 0.4) is 0 Å². The van der Waals surface area contributed by atoms with Crippen LogP contribution in [0.15, 0.2) is 24.3 Å². The highest BCUT2D eigenvalue weighted by Gasteiger charge is 2.17. The molecule has 1 fully saturated rings. The molecule has 0 aliphatic carbocycles. The fraction of sp³-hybridized carbons (Fsp3) is 0.333. The van der Waals surface area contributed by atoms with Crippen LogP contribution in [0.4, 0.5) is 5.69 Å². The maximum absolute atomic E-state index is 11.0. The highest BCUT2D eigenvalue weighted by molar-refractivity contribution is 6.33. The number of carboxylic acid groups (broad SMARTS) is 1. The summed E-state index contributed by atoms with van der Waals surface area (Å²) in [6.45, 7) is 3.02. The van der Waals surface area contributed by atoms with E-state index in [1.54, 1.807) is 17.8 Å². The van der Waals surface area contributed by atoms with Crippen LogP contribution in [0.2, 0.25) is 5.02 Å². The molecule has 0 saturated carbocycles. The van der Waals surface area contributed by atoms with Crippen LogP contribution >= 0.6 is 11.6 Å². The van der Waals surface area contributed by atoms with Gasteiger partial charge in [-0.1, -0.05) is 17.7 Å². The summed E-state index contributed by atoms with van der Waals surface area (Å²) in [4.78, 5) is 13.2. The van der Waals surface area contributed by atoms with Gasteiger partial charge in [-0.3, -0.25) is 4.68 Å². The molecule has 0 radical (unpaired) electrons. The average molecular weight is 322 g/mol. The number of rotatable bonds is 3. The Morgan fingerprint density at radius 1 is 1.32 bits per heavy atom. The van der Waals surface area contributed by atoms with E-state index in [1.165, 1.54) is 0 Å². The van der Waals surface area contributed by atoms with Gasteiger partial charge < -0.3 is 14.7 Å². The Balaban J connectivity index is 1.93. The van der Waals surface area contributed by atoms with E-state index in [9.17, 15) is 4.79 Å². The van der Waals surface area contributed by atoms with Gasteiger partial charge in [-0.15, -0.1) is 0 Å². The van der Waals surface area contributed by atoms with Gasteiger partial charge in [0.15, 0.2) is 5.69 Å². The molecule has 6 nitrogen and oxygen atoms in total. The lowest BCUT2D eigenvalue weighted by Gasteiger charge is -2.29. The van der Waals surface area contributed by atoms with Gasteiger partial charge in [-0.25, -0.2) is 4.79 Å². The minimum absolute atomic E-state index is 0.0193. The topological polar surface area (TPSA) is 67.6 Å². The molecule has 2 aromatic rings. The molecule has 0 atom stereocenters. The summed E-state index contributed by atoms with van der Waals surface area (Å²) in [5.41, 5.74) is 2.54. The van der Waals surface area contributed by atoms with Crippen molar-refractivity contribution in [3.63, 3.8) is 0 Å². The van der Waals surface area contributed by atoms with Crippen molar-refractivity contribution in [2.24, 2.45) is 7.05 Å². The van der Waals surface area contributed by atoms with Crippen molar-refractivity contribution in [2.45, 2.75) is 0 Å². The van der Waals surface area contributed by atoms with Crippen molar-refractivity contribution >= 4 is 23.3 Å². The molecule has 0 unspecified atom stereocenters. The number of hydrogen-bond donors (Lipinski definition) is 1. The van der Waals surface area contributed by atoms with Crippen molar-refractivity contribution < 1.29 is 14.6 Å². The maximum atomic E-state index is 11.0. The predicted octanol–water partition coefficient (Wildman–Crippen LogP) is 2.28. The van der Waals surface area contributed by atoms with E-state index in [-0.39, 0.29) is 5.69 Å². The van der Waals surface area contributed by atoms with E-state index in [0.29, 0.717) is 23.9 Å². The Hall–Kier alpha value is -2.05. The lowest BCUT2D eigenvalue weighted by molar-refractivity contribution is 0.0689. The second kappa shape index (κ2) is 5.98. The van der Waals surface area contributed by atoms with Crippen molar-refractivity contribution in [2.75, 3.05) is 31.2 Å². The highest BCUT2D eigenvalue weighted by atomic mass is 35.5. The van der Waals surface area contributed by atoms with Crippen LogP contribution in [-0.4, -0.2) is 47.2 Å². The third-order valence-corrected chi connectivity index (χ3v) is 4.00. The van der Waals surface area contributed by atoms with Crippen LogP contribution in [0.25, 0.3) is 11.3 Å². The number of halogens is 1. The Bertz CT molecular complexity index is 708. The van der Waals surface area contributed by atoms with Gasteiger partial charge in [0, 0.05) is 25.7 Å². The summed E-state index contributed by atoms with van der Waals surface area (Å²) in [5.74, 6) is -1.04. The Kier molecular flexibility index (Phi) is 4.04. The lowest BCUT2D eigenvalue weighted by Crippen LogP contribution is -2.36. The maximum Gasteiger partial charge on any atom is 0.356 e. The first-order valence-electron chi connectivity index (χ1n) is 6.96. The monoisotopic (exact) mass is 321 g/mol.